The van der Waals surface area contributed by atoms with Crippen molar-refractivity contribution in [2.75, 3.05) is 13.6 Å². The zero-order chi connectivity index (χ0) is 9.14. The van der Waals surface area contributed by atoms with E-state index in [1.165, 1.54) is 6.92 Å². The molecule has 1 heterocycles. The molecular weight excluding hydrogens is 158 g/mol. The van der Waals surface area contributed by atoms with Crippen LogP contribution >= 0.6 is 0 Å². The Morgan fingerprint density at radius 2 is 2.42 bits per heavy atom. The zero-order valence-corrected chi connectivity index (χ0v) is 7.49. The average molecular weight is 173 g/mol. The Bertz CT molecular complexity index is 170. The van der Waals surface area contributed by atoms with Gasteiger partial charge in [-0.05, 0) is 26.8 Å². The van der Waals surface area contributed by atoms with Crippen LogP contribution in [0.5, 0.6) is 0 Å². The molecule has 0 amide bonds. The Kier molecular flexibility index (Phi) is 3.05. The van der Waals surface area contributed by atoms with E-state index >= 15 is 0 Å². The van der Waals surface area contributed by atoms with E-state index in [1.807, 2.05) is 11.9 Å². The summed E-state index contributed by atoms with van der Waals surface area (Å²) in [5.41, 5.74) is 0. The molecule has 0 aromatic rings. The molecule has 4 heteroatoms. The van der Waals surface area contributed by atoms with Gasteiger partial charge in [-0.25, -0.2) is 4.79 Å². The molecule has 1 aliphatic rings. The highest BCUT2D eigenvalue weighted by molar-refractivity contribution is 5.73. The second-order valence-electron chi connectivity index (χ2n) is 3.19. The second-order valence-corrected chi connectivity index (χ2v) is 3.19. The Morgan fingerprint density at radius 1 is 1.75 bits per heavy atom. The lowest BCUT2D eigenvalue weighted by Gasteiger charge is -2.20. The fourth-order valence-electron chi connectivity index (χ4n) is 1.26. The van der Waals surface area contributed by atoms with Gasteiger partial charge in [-0.3, -0.25) is 4.90 Å². The Balaban J connectivity index is 2.35. The lowest BCUT2D eigenvalue weighted by molar-refractivity contribution is -0.164. The molecule has 1 N–H and O–H groups in total. The van der Waals surface area contributed by atoms with E-state index in [4.69, 9.17) is 9.84 Å². The Labute approximate surface area is 72.1 Å². The summed E-state index contributed by atoms with van der Waals surface area (Å²) in [6.45, 7) is 2.37. The molecule has 0 saturated carbocycles. The smallest absolute Gasteiger partial charge is 0.336 e. The number of nitrogens with zero attached hydrogens (tertiary/aromatic N) is 1. The SMILES string of the molecule is CC(O)C(=O)OC1CCCN1C. The van der Waals surface area contributed by atoms with E-state index < -0.39 is 12.1 Å². The van der Waals surface area contributed by atoms with Gasteiger partial charge in [0.2, 0.25) is 0 Å². The minimum absolute atomic E-state index is 0.132. The van der Waals surface area contributed by atoms with Crippen molar-refractivity contribution in [3.8, 4) is 0 Å². The van der Waals surface area contributed by atoms with Gasteiger partial charge in [0, 0.05) is 6.54 Å². The summed E-state index contributed by atoms with van der Waals surface area (Å²) in [7, 11) is 1.91. The van der Waals surface area contributed by atoms with Crippen LogP contribution in [0.4, 0.5) is 0 Å². The third kappa shape index (κ3) is 2.19. The summed E-state index contributed by atoms with van der Waals surface area (Å²) in [4.78, 5) is 12.9. The number of ether oxygens (including phenoxy) is 1. The van der Waals surface area contributed by atoms with Crippen molar-refractivity contribution in [1.29, 1.82) is 0 Å². The van der Waals surface area contributed by atoms with Crippen LogP contribution < -0.4 is 0 Å². The van der Waals surface area contributed by atoms with Crippen molar-refractivity contribution in [2.24, 2.45) is 0 Å². The molecule has 12 heavy (non-hydrogen) atoms. The first-order valence-electron chi connectivity index (χ1n) is 4.20. The van der Waals surface area contributed by atoms with Gasteiger partial charge in [0.1, 0.15) is 6.10 Å². The minimum Gasteiger partial charge on any atom is -0.444 e. The van der Waals surface area contributed by atoms with Crippen LogP contribution in [0.15, 0.2) is 0 Å². The lowest BCUT2D eigenvalue weighted by atomic mass is 10.3. The predicted molar refractivity (Wildman–Crippen MR) is 43.4 cm³/mol. The molecule has 0 aromatic carbocycles. The van der Waals surface area contributed by atoms with Crippen molar-refractivity contribution < 1.29 is 14.6 Å². The monoisotopic (exact) mass is 173 g/mol. The summed E-state index contributed by atoms with van der Waals surface area (Å²) in [5.74, 6) is -0.534. The van der Waals surface area contributed by atoms with Gasteiger partial charge >= 0.3 is 5.97 Å². The number of esters is 1. The van der Waals surface area contributed by atoms with Crippen molar-refractivity contribution in [3.05, 3.63) is 0 Å². The first kappa shape index (κ1) is 9.48. The first-order chi connectivity index (χ1) is 5.61. The third-order valence-electron chi connectivity index (χ3n) is 2.05. The van der Waals surface area contributed by atoms with Crippen LogP contribution in [-0.2, 0) is 9.53 Å². The molecule has 0 aromatic heterocycles. The Hall–Kier alpha value is -0.610. The van der Waals surface area contributed by atoms with Gasteiger partial charge in [-0.1, -0.05) is 0 Å². The van der Waals surface area contributed by atoms with Crippen molar-refractivity contribution >= 4 is 5.97 Å². The van der Waals surface area contributed by atoms with E-state index in [-0.39, 0.29) is 6.23 Å². The van der Waals surface area contributed by atoms with Crippen LogP contribution in [0.3, 0.4) is 0 Å². The van der Waals surface area contributed by atoms with Crippen LogP contribution in [0, 0.1) is 0 Å². The molecule has 0 radical (unpaired) electrons. The third-order valence-corrected chi connectivity index (χ3v) is 2.05. The fourth-order valence-corrected chi connectivity index (χ4v) is 1.26. The molecule has 0 spiro atoms. The van der Waals surface area contributed by atoms with Crippen LogP contribution in [-0.4, -0.2) is 41.9 Å². The van der Waals surface area contributed by atoms with E-state index in [0.29, 0.717) is 0 Å². The molecule has 70 valence electrons. The fraction of sp³-hybridized carbons (Fsp3) is 0.875. The second kappa shape index (κ2) is 3.87. The number of hydrogen-bond donors (Lipinski definition) is 1. The normalized spacial score (nSPS) is 27.1. The first-order valence-corrected chi connectivity index (χ1v) is 4.20. The van der Waals surface area contributed by atoms with Gasteiger partial charge in [0.25, 0.3) is 0 Å². The van der Waals surface area contributed by atoms with Crippen molar-refractivity contribution in [3.63, 3.8) is 0 Å². The average Bonchev–Trinajstić information content (AvgIpc) is 2.36. The van der Waals surface area contributed by atoms with Crippen molar-refractivity contribution in [1.82, 2.24) is 4.90 Å². The minimum atomic E-state index is -1.01. The van der Waals surface area contributed by atoms with Gasteiger partial charge in [-0.15, -0.1) is 0 Å². The maximum absolute atomic E-state index is 10.9. The quantitative estimate of drug-likeness (QED) is 0.595. The lowest BCUT2D eigenvalue weighted by Crippen LogP contribution is -2.33. The van der Waals surface area contributed by atoms with Crippen LogP contribution in [0.25, 0.3) is 0 Å². The maximum atomic E-state index is 10.9. The maximum Gasteiger partial charge on any atom is 0.336 e. The highest BCUT2D eigenvalue weighted by Crippen LogP contribution is 2.16. The highest BCUT2D eigenvalue weighted by Gasteiger charge is 2.25. The molecular formula is C8H15NO3. The number of aliphatic hydroxyl groups excluding tert-OH is 1. The molecule has 0 aliphatic carbocycles. The summed E-state index contributed by atoms with van der Waals surface area (Å²) in [6.07, 6.45) is 0.773. The summed E-state index contributed by atoms with van der Waals surface area (Å²) >= 11 is 0. The highest BCUT2D eigenvalue weighted by atomic mass is 16.6. The van der Waals surface area contributed by atoms with Gasteiger partial charge < -0.3 is 9.84 Å². The number of carbonyl (C=O) groups excluding carboxylic acids is 1. The van der Waals surface area contributed by atoms with Crippen LogP contribution in [0.1, 0.15) is 19.8 Å². The molecule has 2 atom stereocenters. The van der Waals surface area contributed by atoms with E-state index in [2.05, 4.69) is 0 Å². The van der Waals surface area contributed by atoms with E-state index in [0.717, 1.165) is 19.4 Å². The molecule has 4 nitrogen and oxygen atoms in total. The number of carbonyl (C=O) groups is 1. The largest absolute Gasteiger partial charge is 0.444 e. The molecule has 1 fully saturated rings. The molecule has 0 bridgehead atoms. The van der Waals surface area contributed by atoms with E-state index in [1.54, 1.807) is 0 Å². The topological polar surface area (TPSA) is 49.8 Å². The Morgan fingerprint density at radius 3 is 2.83 bits per heavy atom. The standard InChI is InChI=1S/C8H15NO3/c1-6(10)8(11)12-7-4-3-5-9(7)2/h6-7,10H,3-5H2,1-2H3. The molecule has 1 rings (SSSR count). The number of rotatable bonds is 2. The molecule has 2 unspecified atom stereocenters. The van der Waals surface area contributed by atoms with Crippen LogP contribution in [0.2, 0.25) is 0 Å². The number of likely N-dealkylation sites (tertiary alicyclic amines) is 1. The van der Waals surface area contributed by atoms with E-state index in [9.17, 15) is 4.79 Å². The number of aliphatic hydroxyl groups is 1. The predicted octanol–water partition coefficient (Wildman–Crippen LogP) is -0.0379. The summed E-state index contributed by atoms with van der Waals surface area (Å²) in [5, 5.41) is 8.87. The van der Waals surface area contributed by atoms with Gasteiger partial charge in [0.05, 0.1) is 0 Å². The van der Waals surface area contributed by atoms with Gasteiger partial charge in [-0.2, -0.15) is 0 Å². The summed E-state index contributed by atoms with van der Waals surface area (Å²) in [6, 6.07) is 0. The van der Waals surface area contributed by atoms with Gasteiger partial charge in [0.15, 0.2) is 6.23 Å². The number of hydrogen-bond acceptors (Lipinski definition) is 4. The van der Waals surface area contributed by atoms with Crippen molar-refractivity contribution in [2.45, 2.75) is 32.1 Å². The summed E-state index contributed by atoms with van der Waals surface area (Å²) < 4.78 is 5.02. The zero-order valence-electron chi connectivity index (χ0n) is 7.49. The molecule has 1 saturated heterocycles. The molecule has 1 aliphatic heterocycles.